The van der Waals surface area contributed by atoms with Crippen molar-refractivity contribution in [1.82, 2.24) is 15.2 Å². The summed E-state index contributed by atoms with van der Waals surface area (Å²) < 4.78 is 49.7. The number of likely N-dealkylation sites (tertiary alicyclic amines) is 1. The number of carbonyl (C=O) groups is 2. The van der Waals surface area contributed by atoms with Gasteiger partial charge in [-0.3, -0.25) is 14.5 Å². The topological polar surface area (TPSA) is 114 Å². The van der Waals surface area contributed by atoms with Crippen molar-refractivity contribution in [3.05, 3.63) is 70.9 Å². The van der Waals surface area contributed by atoms with Crippen LogP contribution >= 0.6 is 0 Å². The summed E-state index contributed by atoms with van der Waals surface area (Å²) >= 11 is 0. The van der Waals surface area contributed by atoms with Crippen LogP contribution in [0.1, 0.15) is 75.9 Å². The van der Waals surface area contributed by atoms with Crippen molar-refractivity contribution in [2.45, 2.75) is 57.3 Å². The fraction of sp³-hybridized carbons (Fsp3) is 0.485. The number of aliphatic hydroxyl groups is 1. The second kappa shape index (κ2) is 13.3. The van der Waals surface area contributed by atoms with Crippen molar-refractivity contribution in [3.63, 3.8) is 0 Å². The molecule has 1 saturated carbocycles. The predicted molar refractivity (Wildman–Crippen MR) is 167 cm³/mol. The average Bonchev–Trinajstić information content (AvgIpc) is 3.61. The van der Waals surface area contributed by atoms with Gasteiger partial charge in [-0.25, -0.2) is 4.98 Å². The van der Waals surface area contributed by atoms with Crippen LogP contribution in [0, 0.1) is 6.92 Å². The van der Waals surface area contributed by atoms with E-state index in [9.17, 15) is 27.9 Å². The van der Waals surface area contributed by atoms with Crippen LogP contribution in [0.5, 0.6) is 0 Å². The van der Waals surface area contributed by atoms with E-state index in [1.54, 1.807) is 4.90 Å². The van der Waals surface area contributed by atoms with Gasteiger partial charge in [0.25, 0.3) is 11.8 Å². The monoisotopic (exact) mass is 640 g/mol. The molecule has 10 nitrogen and oxygen atoms in total. The van der Waals surface area contributed by atoms with E-state index in [1.165, 1.54) is 12.3 Å². The molecular formula is C33H39F3N6O4. The van der Waals surface area contributed by atoms with Crippen LogP contribution in [0.3, 0.4) is 0 Å². The first-order valence-electron chi connectivity index (χ1n) is 15.9. The zero-order chi connectivity index (χ0) is 32.4. The first kappa shape index (κ1) is 31.9. The predicted octanol–water partition coefficient (Wildman–Crippen LogP) is 4.99. The van der Waals surface area contributed by atoms with E-state index < -0.39 is 29.8 Å². The number of aryl methyl sites for hydroxylation is 1. The Morgan fingerprint density at radius 1 is 1.02 bits per heavy atom. The molecule has 3 aliphatic rings. The third kappa shape index (κ3) is 7.15. The molecule has 0 spiro atoms. The Bertz CT molecular complexity index is 1560. The minimum atomic E-state index is -4.81. The lowest BCUT2D eigenvalue weighted by atomic mass is 10.0. The lowest BCUT2D eigenvalue weighted by Crippen LogP contribution is -2.47. The maximum Gasteiger partial charge on any atom is 0.418 e. The molecule has 0 radical (unpaired) electrons. The van der Waals surface area contributed by atoms with Crippen molar-refractivity contribution < 1.29 is 32.3 Å². The number of nitrogens with zero attached hydrogens (tertiary/aromatic N) is 4. The number of para-hydroxylation sites is 1. The third-order valence-electron chi connectivity index (χ3n) is 8.90. The number of aromatic nitrogens is 1. The molecule has 3 N–H and O–H groups in total. The van der Waals surface area contributed by atoms with Gasteiger partial charge in [0.05, 0.1) is 16.9 Å². The van der Waals surface area contributed by atoms with Crippen LogP contribution in [0.15, 0.2) is 47.1 Å². The maximum absolute atomic E-state index is 14.8. The highest BCUT2D eigenvalue weighted by Crippen LogP contribution is 2.43. The SMILES string of the molecule is Cc1ccccc1N1CCN(c2c(NC(=O)c3coc(C4CC4)n3)cc(C(=O)NCCCN3CCCC3O)cc2C(F)(F)F)CC1. The molecule has 246 valence electrons. The molecule has 1 atom stereocenters. The highest BCUT2D eigenvalue weighted by molar-refractivity contribution is 6.06. The zero-order valence-electron chi connectivity index (χ0n) is 25.8. The van der Waals surface area contributed by atoms with Crippen molar-refractivity contribution in [2.75, 3.05) is 60.9 Å². The lowest BCUT2D eigenvalue weighted by molar-refractivity contribution is -0.137. The van der Waals surface area contributed by atoms with Gasteiger partial charge >= 0.3 is 6.18 Å². The number of benzene rings is 2. The van der Waals surface area contributed by atoms with Gasteiger partial charge in [-0.2, -0.15) is 13.2 Å². The van der Waals surface area contributed by atoms with Gasteiger partial charge in [-0.05, 0) is 62.8 Å². The Morgan fingerprint density at radius 2 is 1.76 bits per heavy atom. The number of oxazole rings is 1. The van der Waals surface area contributed by atoms with E-state index in [0.29, 0.717) is 38.4 Å². The van der Waals surface area contributed by atoms with Crippen LogP contribution < -0.4 is 20.4 Å². The minimum Gasteiger partial charge on any atom is -0.448 e. The molecule has 1 aromatic heterocycles. The second-order valence-corrected chi connectivity index (χ2v) is 12.2. The number of carbonyl (C=O) groups excluding carboxylic acids is 2. The fourth-order valence-electron chi connectivity index (χ4n) is 6.26. The zero-order valence-corrected chi connectivity index (χ0v) is 25.8. The number of alkyl halides is 3. The molecule has 2 aliphatic heterocycles. The number of hydrogen-bond acceptors (Lipinski definition) is 8. The van der Waals surface area contributed by atoms with Crippen molar-refractivity contribution in [1.29, 1.82) is 0 Å². The van der Waals surface area contributed by atoms with E-state index in [-0.39, 0.29) is 48.2 Å². The first-order chi connectivity index (χ1) is 22.1. The molecule has 3 fully saturated rings. The molecule has 2 amide bonds. The molecule has 6 rings (SSSR count). The third-order valence-corrected chi connectivity index (χ3v) is 8.90. The summed E-state index contributed by atoms with van der Waals surface area (Å²) in [6.45, 7) is 5.01. The van der Waals surface area contributed by atoms with Crippen LogP contribution in [-0.2, 0) is 6.18 Å². The minimum absolute atomic E-state index is 0.0373. The summed E-state index contributed by atoms with van der Waals surface area (Å²) in [6, 6.07) is 10.0. The maximum atomic E-state index is 14.8. The lowest BCUT2D eigenvalue weighted by Gasteiger charge is -2.39. The summed E-state index contributed by atoms with van der Waals surface area (Å²) in [4.78, 5) is 36.4. The summed E-state index contributed by atoms with van der Waals surface area (Å²) in [6.07, 6.45) is -0.171. The smallest absolute Gasteiger partial charge is 0.418 e. The molecule has 2 saturated heterocycles. The Labute approximate surface area is 265 Å². The van der Waals surface area contributed by atoms with Crippen LogP contribution in [-0.4, -0.2) is 78.8 Å². The van der Waals surface area contributed by atoms with E-state index in [4.69, 9.17) is 4.42 Å². The quantitative estimate of drug-likeness (QED) is 0.266. The molecular weight excluding hydrogens is 601 g/mol. The number of halogens is 3. The number of amides is 2. The Morgan fingerprint density at radius 3 is 2.43 bits per heavy atom. The van der Waals surface area contributed by atoms with Crippen LogP contribution in [0.25, 0.3) is 0 Å². The first-order valence-corrected chi connectivity index (χ1v) is 15.9. The Kier molecular flexibility index (Phi) is 9.23. The molecule has 0 bridgehead atoms. The van der Waals surface area contributed by atoms with Crippen molar-refractivity contribution in [3.8, 4) is 0 Å². The van der Waals surface area contributed by atoms with Gasteiger partial charge in [0.1, 0.15) is 12.5 Å². The summed E-state index contributed by atoms with van der Waals surface area (Å²) in [5.74, 6) is -0.816. The van der Waals surface area contributed by atoms with Gasteiger partial charge < -0.3 is 30.0 Å². The Hall–Kier alpha value is -4.10. The number of hydrogen-bond donors (Lipinski definition) is 3. The second-order valence-electron chi connectivity index (χ2n) is 12.2. The average molecular weight is 641 g/mol. The molecule has 3 aromatic rings. The van der Waals surface area contributed by atoms with Crippen LogP contribution in [0.2, 0.25) is 0 Å². The normalized spacial score (nSPS) is 19.0. The van der Waals surface area contributed by atoms with Gasteiger partial charge in [-0.1, -0.05) is 18.2 Å². The van der Waals surface area contributed by atoms with Crippen molar-refractivity contribution >= 4 is 28.9 Å². The van der Waals surface area contributed by atoms with Gasteiger partial charge in [0.2, 0.25) is 0 Å². The highest BCUT2D eigenvalue weighted by atomic mass is 19.4. The van der Waals surface area contributed by atoms with E-state index >= 15 is 0 Å². The molecule has 46 heavy (non-hydrogen) atoms. The Balaban J connectivity index is 1.26. The number of aliphatic hydroxyl groups excluding tert-OH is 1. The fourth-order valence-corrected chi connectivity index (χ4v) is 6.26. The summed E-state index contributed by atoms with van der Waals surface area (Å²) in [5.41, 5.74) is 0.537. The van der Waals surface area contributed by atoms with E-state index in [2.05, 4.69) is 20.5 Å². The van der Waals surface area contributed by atoms with E-state index in [0.717, 1.165) is 43.1 Å². The number of piperazine rings is 1. The highest BCUT2D eigenvalue weighted by Gasteiger charge is 2.39. The molecule has 13 heteroatoms. The number of anilines is 3. The largest absolute Gasteiger partial charge is 0.448 e. The van der Waals surface area contributed by atoms with Gasteiger partial charge in [-0.15, -0.1) is 0 Å². The standard InChI is InChI=1S/C33H39F3N6O4/c1-21-6-2-3-7-27(21)40-14-16-42(17-15-40)29-24(33(34,35)36)18-23(30(44)37-11-5-13-41-12-4-8-28(41)43)19-25(29)38-31(45)26-20-46-32(39-26)22-9-10-22/h2-3,6-7,18-20,22,28,43H,4-5,8-17H2,1H3,(H,37,44)(H,38,45). The summed E-state index contributed by atoms with van der Waals surface area (Å²) in [7, 11) is 0. The van der Waals surface area contributed by atoms with Gasteiger partial charge in [0, 0.05) is 63.0 Å². The van der Waals surface area contributed by atoms with Gasteiger partial charge in [0.15, 0.2) is 11.6 Å². The molecule has 3 heterocycles. The van der Waals surface area contributed by atoms with Crippen molar-refractivity contribution in [2.24, 2.45) is 0 Å². The molecule has 1 unspecified atom stereocenters. The summed E-state index contributed by atoms with van der Waals surface area (Å²) in [5, 5.41) is 15.3. The molecule has 1 aliphatic carbocycles. The van der Waals surface area contributed by atoms with E-state index in [1.807, 2.05) is 36.1 Å². The number of nitrogens with one attached hydrogen (secondary N) is 2. The molecule has 2 aromatic carbocycles. The number of rotatable bonds is 10. The van der Waals surface area contributed by atoms with Crippen LogP contribution in [0.4, 0.5) is 30.2 Å².